The SMILES string of the molecule is CC1=CCC(C)(/C=N\c2ccc3c(c2)C(C)(C)c2ccccc2-3)CC1. The van der Waals surface area contributed by atoms with Crippen LogP contribution in [0.5, 0.6) is 0 Å². The second-order valence-corrected chi connectivity index (χ2v) is 8.57. The van der Waals surface area contributed by atoms with Crippen molar-refractivity contribution in [3.63, 3.8) is 0 Å². The van der Waals surface area contributed by atoms with Crippen molar-refractivity contribution in [2.45, 2.75) is 52.4 Å². The molecule has 0 spiro atoms. The minimum absolute atomic E-state index is 0.0477. The van der Waals surface area contributed by atoms with E-state index in [4.69, 9.17) is 4.99 Å². The second kappa shape index (κ2) is 5.69. The molecule has 0 radical (unpaired) electrons. The van der Waals surface area contributed by atoms with Crippen molar-refractivity contribution in [1.29, 1.82) is 0 Å². The molecule has 0 bridgehead atoms. The van der Waals surface area contributed by atoms with Crippen molar-refractivity contribution < 1.29 is 0 Å². The molecule has 2 aliphatic rings. The lowest BCUT2D eigenvalue weighted by Gasteiger charge is -2.28. The van der Waals surface area contributed by atoms with Gasteiger partial charge in [0.15, 0.2) is 0 Å². The van der Waals surface area contributed by atoms with Gasteiger partial charge in [0.05, 0.1) is 5.69 Å². The molecule has 0 aliphatic heterocycles. The molecular weight excluding hydrogens is 302 g/mol. The van der Waals surface area contributed by atoms with Crippen molar-refractivity contribution >= 4 is 11.9 Å². The van der Waals surface area contributed by atoms with Gasteiger partial charge in [-0.25, -0.2) is 0 Å². The van der Waals surface area contributed by atoms with Crippen LogP contribution in [-0.4, -0.2) is 6.21 Å². The Hall–Kier alpha value is -2.15. The zero-order chi connectivity index (χ0) is 17.7. The van der Waals surface area contributed by atoms with Gasteiger partial charge in [0.1, 0.15) is 0 Å². The lowest BCUT2D eigenvalue weighted by atomic mass is 9.78. The molecule has 0 saturated heterocycles. The van der Waals surface area contributed by atoms with Crippen molar-refractivity contribution in [2.24, 2.45) is 10.4 Å². The third-order valence-electron chi connectivity index (χ3n) is 6.10. The number of hydrogen-bond donors (Lipinski definition) is 0. The summed E-state index contributed by atoms with van der Waals surface area (Å²) in [6.07, 6.45) is 8.05. The fourth-order valence-corrected chi connectivity index (χ4v) is 4.21. The van der Waals surface area contributed by atoms with Crippen LogP contribution in [0.1, 0.15) is 58.1 Å². The topological polar surface area (TPSA) is 12.4 Å². The zero-order valence-corrected chi connectivity index (χ0v) is 15.8. The molecule has 0 N–H and O–H groups in total. The number of rotatable bonds is 2. The highest BCUT2D eigenvalue weighted by atomic mass is 14.7. The highest BCUT2D eigenvalue weighted by Crippen LogP contribution is 2.49. The summed E-state index contributed by atoms with van der Waals surface area (Å²) in [7, 11) is 0. The Morgan fingerprint density at radius 2 is 1.72 bits per heavy atom. The zero-order valence-electron chi connectivity index (χ0n) is 15.8. The largest absolute Gasteiger partial charge is 0.261 e. The van der Waals surface area contributed by atoms with E-state index < -0.39 is 0 Å². The first-order valence-electron chi connectivity index (χ1n) is 9.34. The first-order valence-corrected chi connectivity index (χ1v) is 9.34. The Morgan fingerprint density at radius 1 is 0.960 bits per heavy atom. The number of fused-ring (bicyclic) bond motifs is 3. The molecule has 0 fully saturated rings. The minimum Gasteiger partial charge on any atom is -0.261 e. The third-order valence-corrected chi connectivity index (χ3v) is 6.10. The van der Waals surface area contributed by atoms with Crippen molar-refractivity contribution in [3.05, 3.63) is 65.2 Å². The van der Waals surface area contributed by atoms with Gasteiger partial charge in [-0.05, 0) is 60.6 Å². The minimum atomic E-state index is 0.0477. The predicted octanol–water partition coefficient (Wildman–Crippen LogP) is 6.83. The fourth-order valence-electron chi connectivity index (χ4n) is 4.21. The van der Waals surface area contributed by atoms with Gasteiger partial charge in [0.2, 0.25) is 0 Å². The van der Waals surface area contributed by atoms with Gasteiger partial charge in [-0.15, -0.1) is 0 Å². The lowest BCUT2D eigenvalue weighted by Crippen LogP contribution is -2.20. The van der Waals surface area contributed by atoms with E-state index >= 15 is 0 Å². The van der Waals surface area contributed by atoms with Crippen LogP contribution < -0.4 is 0 Å². The second-order valence-electron chi connectivity index (χ2n) is 8.57. The molecule has 2 aromatic carbocycles. The quantitative estimate of drug-likeness (QED) is 0.423. The van der Waals surface area contributed by atoms with Gasteiger partial charge in [-0.2, -0.15) is 0 Å². The number of aliphatic imine (C=N–C) groups is 1. The average molecular weight is 329 g/mol. The molecule has 1 heteroatoms. The van der Waals surface area contributed by atoms with Crippen molar-refractivity contribution in [2.75, 3.05) is 0 Å². The number of benzene rings is 2. The van der Waals surface area contributed by atoms with Crippen molar-refractivity contribution in [1.82, 2.24) is 0 Å². The molecule has 2 aromatic rings. The molecule has 1 unspecified atom stereocenters. The first-order chi connectivity index (χ1) is 11.9. The summed E-state index contributed by atoms with van der Waals surface area (Å²) in [4.78, 5) is 4.88. The van der Waals surface area contributed by atoms with Crippen LogP contribution in [0, 0.1) is 5.41 Å². The fraction of sp³-hybridized carbons (Fsp3) is 0.375. The maximum atomic E-state index is 4.88. The van der Waals surface area contributed by atoms with Crippen LogP contribution in [0.2, 0.25) is 0 Å². The summed E-state index contributed by atoms with van der Waals surface area (Å²) in [6.45, 7) is 9.20. The van der Waals surface area contributed by atoms with Gasteiger partial charge < -0.3 is 0 Å². The van der Waals surface area contributed by atoms with E-state index in [0.717, 1.165) is 12.1 Å². The Balaban J connectivity index is 1.67. The molecule has 0 aromatic heterocycles. The summed E-state index contributed by atoms with van der Waals surface area (Å²) >= 11 is 0. The Labute approximate surface area is 151 Å². The summed E-state index contributed by atoms with van der Waals surface area (Å²) in [6, 6.07) is 15.5. The van der Waals surface area contributed by atoms with Crippen LogP contribution in [0.4, 0.5) is 5.69 Å². The smallest absolute Gasteiger partial charge is 0.0629 e. The monoisotopic (exact) mass is 329 g/mol. The highest BCUT2D eigenvalue weighted by molar-refractivity contribution is 5.82. The summed E-state index contributed by atoms with van der Waals surface area (Å²) < 4.78 is 0. The van der Waals surface area contributed by atoms with Crippen LogP contribution in [-0.2, 0) is 5.41 Å². The number of nitrogens with zero attached hydrogens (tertiary/aromatic N) is 1. The van der Waals surface area contributed by atoms with Crippen LogP contribution in [0.3, 0.4) is 0 Å². The highest BCUT2D eigenvalue weighted by Gasteiger charge is 2.35. The Morgan fingerprint density at radius 3 is 2.48 bits per heavy atom. The van der Waals surface area contributed by atoms with E-state index in [1.165, 1.54) is 40.7 Å². The standard InChI is InChI=1S/C24H27N/c1-17-11-13-24(4,14-12-17)16-25-18-9-10-20-19-7-5-6-8-21(19)23(2,3)22(20)15-18/h5-11,15-16H,12-14H2,1-4H3/b25-16-. The average Bonchev–Trinajstić information content (AvgIpc) is 2.84. The first kappa shape index (κ1) is 16.3. The van der Waals surface area contributed by atoms with Gasteiger partial charge in [0.25, 0.3) is 0 Å². The number of hydrogen-bond acceptors (Lipinski definition) is 1. The summed E-state index contributed by atoms with van der Waals surface area (Å²) in [5.41, 5.74) is 8.39. The molecular formula is C24H27N. The Bertz CT molecular complexity index is 885. The van der Waals surface area contributed by atoms with Crippen LogP contribution in [0.15, 0.2) is 59.1 Å². The van der Waals surface area contributed by atoms with E-state index in [9.17, 15) is 0 Å². The molecule has 0 heterocycles. The molecule has 2 aliphatic carbocycles. The molecule has 4 rings (SSSR count). The molecule has 1 atom stereocenters. The Kier molecular flexibility index (Phi) is 3.72. The molecule has 25 heavy (non-hydrogen) atoms. The van der Waals surface area contributed by atoms with E-state index in [1.807, 2.05) is 0 Å². The van der Waals surface area contributed by atoms with Gasteiger partial charge in [-0.1, -0.05) is 62.8 Å². The molecule has 1 nitrogen and oxygen atoms in total. The lowest BCUT2D eigenvalue weighted by molar-refractivity contribution is 0.423. The van der Waals surface area contributed by atoms with Crippen LogP contribution in [0.25, 0.3) is 11.1 Å². The van der Waals surface area contributed by atoms with Gasteiger partial charge in [-0.3, -0.25) is 4.99 Å². The summed E-state index contributed by atoms with van der Waals surface area (Å²) in [5, 5.41) is 0. The predicted molar refractivity (Wildman–Crippen MR) is 108 cm³/mol. The van der Waals surface area contributed by atoms with E-state index in [1.54, 1.807) is 0 Å². The van der Waals surface area contributed by atoms with E-state index in [0.29, 0.717) is 0 Å². The van der Waals surface area contributed by atoms with E-state index in [-0.39, 0.29) is 10.8 Å². The molecule has 0 amide bonds. The maximum Gasteiger partial charge on any atom is 0.0629 e. The van der Waals surface area contributed by atoms with Crippen LogP contribution >= 0.6 is 0 Å². The van der Waals surface area contributed by atoms with Gasteiger partial charge >= 0.3 is 0 Å². The maximum absolute atomic E-state index is 4.88. The van der Waals surface area contributed by atoms with Gasteiger partial charge in [0, 0.05) is 17.0 Å². The van der Waals surface area contributed by atoms with E-state index in [2.05, 4.69) is 82.5 Å². The molecule has 128 valence electrons. The van der Waals surface area contributed by atoms with Crippen molar-refractivity contribution in [3.8, 4) is 11.1 Å². The molecule has 0 saturated carbocycles. The normalized spacial score (nSPS) is 24.1. The summed E-state index contributed by atoms with van der Waals surface area (Å²) in [5.74, 6) is 0. The number of allylic oxidation sites excluding steroid dienone is 2. The third kappa shape index (κ3) is 2.76.